The SMILES string of the molecule is CC(NS(=O)(=O)N1CCCCCC1)c1ccc(F)cc1F. The molecule has 1 aliphatic heterocycles. The molecule has 0 aromatic heterocycles. The van der Waals surface area contributed by atoms with Crippen molar-refractivity contribution in [2.45, 2.75) is 38.6 Å². The van der Waals surface area contributed by atoms with Gasteiger partial charge in [-0.15, -0.1) is 0 Å². The highest BCUT2D eigenvalue weighted by molar-refractivity contribution is 7.87. The average Bonchev–Trinajstić information content (AvgIpc) is 2.67. The van der Waals surface area contributed by atoms with Crippen molar-refractivity contribution in [3.05, 3.63) is 35.4 Å². The topological polar surface area (TPSA) is 49.4 Å². The Morgan fingerprint density at radius 2 is 1.76 bits per heavy atom. The van der Waals surface area contributed by atoms with Gasteiger partial charge in [0.25, 0.3) is 10.2 Å². The predicted octanol–water partition coefficient (Wildman–Crippen LogP) is 2.74. The molecule has 0 radical (unpaired) electrons. The van der Waals surface area contributed by atoms with E-state index < -0.39 is 27.9 Å². The molecule has 118 valence electrons. The van der Waals surface area contributed by atoms with E-state index in [1.54, 1.807) is 6.92 Å². The number of hydrogen-bond acceptors (Lipinski definition) is 2. The Morgan fingerprint density at radius 1 is 1.14 bits per heavy atom. The van der Waals surface area contributed by atoms with Gasteiger partial charge in [0.15, 0.2) is 0 Å². The normalized spacial score (nSPS) is 19.2. The van der Waals surface area contributed by atoms with E-state index in [9.17, 15) is 17.2 Å². The molecular weight excluding hydrogens is 298 g/mol. The number of hydrogen-bond donors (Lipinski definition) is 1. The van der Waals surface area contributed by atoms with Crippen LogP contribution in [0.15, 0.2) is 18.2 Å². The van der Waals surface area contributed by atoms with E-state index in [1.165, 1.54) is 10.4 Å². The van der Waals surface area contributed by atoms with Crippen LogP contribution in [0.1, 0.15) is 44.2 Å². The molecule has 0 bridgehead atoms. The zero-order valence-corrected chi connectivity index (χ0v) is 12.8. The van der Waals surface area contributed by atoms with Crippen LogP contribution in [0.5, 0.6) is 0 Å². The van der Waals surface area contributed by atoms with Crippen molar-refractivity contribution in [2.75, 3.05) is 13.1 Å². The van der Waals surface area contributed by atoms with E-state index in [-0.39, 0.29) is 5.56 Å². The van der Waals surface area contributed by atoms with Crippen LogP contribution in [0.4, 0.5) is 8.78 Å². The van der Waals surface area contributed by atoms with Gasteiger partial charge >= 0.3 is 0 Å². The Kier molecular flexibility index (Phi) is 5.29. The molecule has 7 heteroatoms. The highest BCUT2D eigenvalue weighted by Gasteiger charge is 2.26. The van der Waals surface area contributed by atoms with Gasteiger partial charge in [-0.3, -0.25) is 0 Å². The molecule has 1 unspecified atom stereocenters. The fourth-order valence-electron chi connectivity index (χ4n) is 2.50. The Balaban J connectivity index is 2.11. The van der Waals surface area contributed by atoms with Gasteiger partial charge < -0.3 is 0 Å². The second kappa shape index (κ2) is 6.81. The van der Waals surface area contributed by atoms with Gasteiger partial charge in [-0.2, -0.15) is 17.4 Å². The average molecular weight is 318 g/mol. The third kappa shape index (κ3) is 4.21. The van der Waals surface area contributed by atoms with E-state index >= 15 is 0 Å². The highest BCUT2D eigenvalue weighted by atomic mass is 32.2. The fourth-order valence-corrected chi connectivity index (χ4v) is 3.96. The maximum Gasteiger partial charge on any atom is 0.279 e. The lowest BCUT2D eigenvalue weighted by molar-refractivity contribution is 0.408. The van der Waals surface area contributed by atoms with Crippen LogP contribution in [0.25, 0.3) is 0 Å². The monoisotopic (exact) mass is 318 g/mol. The van der Waals surface area contributed by atoms with Crippen molar-refractivity contribution in [2.24, 2.45) is 0 Å². The van der Waals surface area contributed by atoms with Gasteiger partial charge in [-0.05, 0) is 25.8 Å². The number of rotatable bonds is 4. The molecule has 0 amide bonds. The maximum atomic E-state index is 13.7. The van der Waals surface area contributed by atoms with Crippen molar-refractivity contribution in [1.82, 2.24) is 9.03 Å². The van der Waals surface area contributed by atoms with E-state index in [1.807, 2.05) is 0 Å². The molecule has 1 aromatic carbocycles. The van der Waals surface area contributed by atoms with E-state index in [4.69, 9.17) is 0 Å². The van der Waals surface area contributed by atoms with Crippen molar-refractivity contribution in [3.63, 3.8) is 0 Å². The molecule has 1 fully saturated rings. The van der Waals surface area contributed by atoms with E-state index in [2.05, 4.69) is 4.72 Å². The van der Waals surface area contributed by atoms with E-state index in [0.29, 0.717) is 13.1 Å². The second-order valence-electron chi connectivity index (χ2n) is 5.32. The van der Waals surface area contributed by atoms with Gasteiger partial charge in [-0.25, -0.2) is 8.78 Å². The van der Waals surface area contributed by atoms with Crippen LogP contribution in [0.2, 0.25) is 0 Å². The smallest absolute Gasteiger partial charge is 0.207 e. The minimum atomic E-state index is -3.66. The summed E-state index contributed by atoms with van der Waals surface area (Å²) in [6, 6.07) is 2.39. The standard InChI is InChI=1S/C14H20F2N2O2S/c1-11(13-7-6-12(15)10-14(13)16)17-21(19,20)18-8-4-2-3-5-9-18/h6-7,10-11,17H,2-5,8-9H2,1H3. The van der Waals surface area contributed by atoms with Gasteiger partial charge in [0.2, 0.25) is 0 Å². The van der Waals surface area contributed by atoms with Crippen LogP contribution >= 0.6 is 0 Å². The molecule has 21 heavy (non-hydrogen) atoms. The fraction of sp³-hybridized carbons (Fsp3) is 0.571. The summed E-state index contributed by atoms with van der Waals surface area (Å²) >= 11 is 0. The minimum absolute atomic E-state index is 0.134. The zero-order valence-electron chi connectivity index (χ0n) is 12.0. The first-order chi connectivity index (χ1) is 9.90. The molecule has 1 heterocycles. The van der Waals surface area contributed by atoms with E-state index in [0.717, 1.165) is 37.8 Å². The maximum absolute atomic E-state index is 13.7. The Bertz CT molecular complexity index is 585. The van der Waals surface area contributed by atoms with Gasteiger partial charge in [0, 0.05) is 30.8 Å². The molecule has 1 aliphatic rings. The summed E-state index contributed by atoms with van der Waals surface area (Å²) in [6.07, 6.45) is 3.71. The second-order valence-corrected chi connectivity index (χ2v) is 7.03. The molecule has 1 saturated heterocycles. The van der Waals surface area contributed by atoms with Crippen molar-refractivity contribution in [1.29, 1.82) is 0 Å². The Morgan fingerprint density at radius 3 is 2.33 bits per heavy atom. The van der Waals surface area contributed by atoms with Crippen molar-refractivity contribution < 1.29 is 17.2 Å². The summed E-state index contributed by atoms with van der Waals surface area (Å²) < 4.78 is 55.1. The number of nitrogens with one attached hydrogen (secondary N) is 1. The summed E-state index contributed by atoms with van der Waals surface area (Å²) in [6.45, 7) is 2.51. The minimum Gasteiger partial charge on any atom is -0.207 e. The lowest BCUT2D eigenvalue weighted by Crippen LogP contribution is -2.42. The predicted molar refractivity (Wildman–Crippen MR) is 76.9 cm³/mol. The summed E-state index contributed by atoms with van der Waals surface area (Å²) in [5.41, 5.74) is 0.134. The molecule has 0 spiro atoms. The number of nitrogens with zero attached hydrogens (tertiary/aromatic N) is 1. The van der Waals surface area contributed by atoms with Crippen molar-refractivity contribution >= 4 is 10.2 Å². The molecule has 4 nitrogen and oxygen atoms in total. The quantitative estimate of drug-likeness (QED) is 0.928. The van der Waals surface area contributed by atoms with Gasteiger partial charge in [-0.1, -0.05) is 18.9 Å². The van der Waals surface area contributed by atoms with Gasteiger partial charge in [0.05, 0.1) is 0 Å². The first-order valence-electron chi connectivity index (χ1n) is 7.12. The molecule has 0 aliphatic carbocycles. The lowest BCUT2D eigenvalue weighted by atomic mass is 10.1. The summed E-state index contributed by atoms with van der Waals surface area (Å²) in [5, 5.41) is 0. The largest absolute Gasteiger partial charge is 0.279 e. The highest BCUT2D eigenvalue weighted by Crippen LogP contribution is 2.20. The summed E-state index contributed by atoms with van der Waals surface area (Å²) in [7, 11) is -3.66. The summed E-state index contributed by atoms with van der Waals surface area (Å²) in [5.74, 6) is -1.43. The Labute approximate surface area is 124 Å². The first kappa shape index (κ1) is 16.3. The Hall–Kier alpha value is -1.05. The van der Waals surface area contributed by atoms with Crippen LogP contribution in [0.3, 0.4) is 0 Å². The number of halogens is 2. The van der Waals surface area contributed by atoms with Crippen LogP contribution in [0, 0.1) is 11.6 Å². The molecular formula is C14H20F2N2O2S. The van der Waals surface area contributed by atoms with Gasteiger partial charge in [0.1, 0.15) is 11.6 Å². The van der Waals surface area contributed by atoms with Crippen molar-refractivity contribution in [3.8, 4) is 0 Å². The molecule has 2 rings (SSSR count). The molecule has 1 N–H and O–H groups in total. The first-order valence-corrected chi connectivity index (χ1v) is 8.56. The summed E-state index contributed by atoms with van der Waals surface area (Å²) in [4.78, 5) is 0. The lowest BCUT2D eigenvalue weighted by Gasteiger charge is -2.23. The third-order valence-electron chi connectivity index (χ3n) is 3.66. The van der Waals surface area contributed by atoms with Crippen LogP contribution in [-0.4, -0.2) is 25.8 Å². The van der Waals surface area contributed by atoms with Crippen LogP contribution < -0.4 is 4.72 Å². The van der Waals surface area contributed by atoms with Crippen LogP contribution in [-0.2, 0) is 10.2 Å². The third-order valence-corrected chi connectivity index (χ3v) is 5.36. The molecule has 0 saturated carbocycles. The molecule has 1 aromatic rings. The molecule has 1 atom stereocenters. The number of benzene rings is 1. The zero-order chi connectivity index (χ0) is 15.5.